The fourth-order valence-electron chi connectivity index (χ4n) is 3.68. The first-order chi connectivity index (χ1) is 15.0. The Morgan fingerprint density at radius 1 is 1.16 bits per heavy atom. The Balaban J connectivity index is 1.81. The second-order valence-corrected chi connectivity index (χ2v) is 7.44. The average Bonchev–Trinajstić information content (AvgIpc) is 3.14. The number of carbonyl (C=O) groups is 1. The summed E-state index contributed by atoms with van der Waals surface area (Å²) in [5.41, 5.74) is 1.26. The molecule has 1 aliphatic rings. The van der Waals surface area contributed by atoms with Gasteiger partial charge in [0.15, 0.2) is 0 Å². The molecule has 0 N–H and O–H groups in total. The molecule has 0 atom stereocenters. The van der Waals surface area contributed by atoms with Crippen LogP contribution < -0.4 is 19.3 Å². The summed E-state index contributed by atoms with van der Waals surface area (Å²) in [7, 11) is 4.69. The number of halogens is 1. The highest BCUT2D eigenvalue weighted by atomic mass is 35.5. The zero-order chi connectivity index (χ0) is 22.1. The maximum absolute atomic E-state index is 13.6. The number of nitrogens with zero attached hydrogens (tertiary/aromatic N) is 4. The lowest BCUT2D eigenvalue weighted by Gasteiger charge is -2.28. The molecule has 1 aromatic carbocycles. The second kappa shape index (κ2) is 8.60. The topological polar surface area (TPSA) is 90.2 Å². The Morgan fingerprint density at radius 3 is 2.55 bits per heavy atom. The number of morpholine rings is 1. The number of furan rings is 1. The van der Waals surface area contributed by atoms with Gasteiger partial charge >= 0.3 is 0 Å². The van der Waals surface area contributed by atoms with Crippen molar-refractivity contribution in [3.63, 3.8) is 0 Å². The van der Waals surface area contributed by atoms with Gasteiger partial charge in [0.2, 0.25) is 5.71 Å². The summed E-state index contributed by atoms with van der Waals surface area (Å²) >= 11 is 6.31. The highest BCUT2D eigenvalue weighted by Crippen LogP contribution is 2.39. The van der Waals surface area contributed by atoms with E-state index in [1.165, 1.54) is 25.4 Å². The predicted molar refractivity (Wildman–Crippen MR) is 117 cm³/mol. The van der Waals surface area contributed by atoms with E-state index in [0.717, 1.165) is 0 Å². The van der Waals surface area contributed by atoms with Gasteiger partial charge < -0.3 is 28.4 Å². The van der Waals surface area contributed by atoms with Gasteiger partial charge in [-0.3, -0.25) is 4.79 Å². The number of rotatable bonds is 5. The van der Waals surface area contributed by atoms with E-state index in [4.69, 9.17) is 30.2 Å². The van der Waals surface area contributed by atoms with Crippen molar-refractivity contribution in [1.82, 2.24) is 9.97 Å². The molecule has 10 heteroatoms. The number of hydrogen-bond acceptors (Lipinski definition) is 8. The van der Waals surface area contributed by atoms with Crippen LogP contribution in [-0.4, -0.2) is 63.4 Å². The van der Waals surface area contributed by atoms with Gasteiger partial charge in [-0.05, 0) is 13.0 Å². The predicted octanol–water partition coefficient (Wildman–Crippen LogP) is 3.32. The summed E-state index contributed by atoms with van der Waals surface area (Å²) in [6.07, 6.45) is 1.44. The number of aryl methyl sites for hydroxylation is 1. The first-order valence-electron chi connectivity index (χ1n) is 9.72. The van der Waals surface area contributed by atoms with Crippen LogP contribution in [0, 0.1) is 6.92 Å². The molecule has 31 heavy (non-hydrogen) atoms. The van der Waals surface area contributed by atoms with Gasteiger partial charge in [0, 0.05) is 26.2 Å². The Morgan fingerprint density at radius 2 is 1.87 bits per heavy atom. The monoisotopic (exact) mass is 446 g/mol. The van der Waals surface area contributed by atoms with Gasteiger partial charge in [-0.15, -0.1) is 0 Å². The fourth-order valence-corrected chi connectivity index (χ4v) is 3.92. The molecular weight excluding hydrogens is 424 g/mol. The van der Waals surface area contributed by atoms with Gasteiger partial charge in [-0.2, -0.15) is 0 Å². The second-order valence-electron chi connectivity index (χ2n) is 7.03. The molecule has 0 bridgehead atoms. The molecule has 0 unspecified atom stereocenters. The van der Waals surface area contributed by atoms with E-state index in [-0.39, 0.29) is 5.91 Å². The minimum atomic E-state index is -0.292. The SMILES string of the molecule is COc1cc(OC)c(N(C)C(=O)c2c(C)oc3ncnc(N4CCOCC4)c23)cc1Cl. The van der Waals surface area contributed by atoms with Gasteiger partial charge in [0.1, 0.15) is 29.4 Å². The summed E-state index contributed by atoms with van der Waals surface area (Å²) in [5.74, 6) is 1.73. The smallest absolute Gasteiger partial charge is 0.262 e. The molecule has 3 aromatic rings. The molecular formula is C21H23ClN4O5. The van der Waals surface area contributed by atoms with Crippen LogP contribution in [0.2, 0.25) is 5.02 Å². The third kappa shape index (κ3) is 3.75. The van der Waals surface area contributed by atoms with Gasteiger partial charge in [0.25, 0.3) is 5.91 Å². The van der Waals surface area contributed by atoms with E-state index >= 15 is 0 Å². The Bertz CT molecular complexity index is 1130. The zero-order valence-electron chi connectivity index (χ0n) is 17.8. The maximum Gasteiger partial charge on any atom is 0.262 e. The van der Waals surface area contributed by atoms with Crippen molar-refractivity contribution >= 4 is 40.1 Å². The normalized spacial score (nSPS) is 14.0. The van der Waals surface area contributed by atoms with E-state index in [1.54, 1.807) is 26.1 Å². The molecule has 3 heterocycles. The molecule has 0 saturated carbocycles. The summed E-state index contributed by atoms with van der Waals surface area (Å²) < 4.78 is 22.0. The molecule has 9 nitrogen and oxygen atoms in total. The van der Waals surface area contributed by atoms with Crippen molar-refractivity contribution in [3.05, 3.63) is 34.8 Å². The lowest BCUT2D eigenvalue weighted by atomic mass is 10.1. The van der Waals surface area contributed by atoms with Crippen LogP contribution in [0.3, 0.4) is 0 Å². The van der Waals surface area contributed by atoms with Crippen molar-refractivity contribution in [1.29, 1.82) is 0 Å². The van der Waals surface area contributed by atoms with E-state index in [0.29, 0.717) is 76.8 Å². The standard InChI is InChI=1S/C21H23ClN4O5/c1-12-17(18-19(23-11-24-20(18)31-12)26-5-7-30-8-6-26)21(27)25(2)14-9-13(22)15(28-3)10-16(14)29-4/h9-11H,5-8H2,1-4H3. The minimum absolute atomic E-state index is 0.292. The molecule has 2 aromatic heterocycles. The van der Waals surface area contributed by atoms with Crippen LogP contribution in [0.4, 0.5) is 11.5 Å². The van der Waals surface area contributed by atoms with E-state index in [9.17, 15) is 4.79 Å². The number of carbonyl (C=O) groups excluding carboxylic acids is 1. The third-order valence-corrected chi connectivity index (χ3v) is 5.58. The van der Waals surface area contributed by atoms with Crippen molar-refractivity contribution in [2.45, 2.75) is 6.92 Å². The first-order valence-corrected chi connectivity index (χ1v) is 10.1. The van der Waals surface area contributed by atoms with E-state index < -0.39 is 0 Å². The Labute approximate surface area is 184 Å². The number of amides is 1. The van der Waals surface area contributed by atoms with Crippen molar-refractivity contribution in [3.8, 4) is 11.5 Å². The van der Waals surface area contributed by atoms with Crippen LogP contribution in [0.5, 0.6) is 11.5 Å². The van der Waals surface area contributed by atoms with Crippen LogP contribution in [0.1, 0.15) is 16.1 Å². The van der Waals surface area contributed by atoms with Crippen molar-refractivity contribution < 1.29 is 23.4 Å². The molecule has 0 spiro atoms. The summed E-state index contributed by atoms with van der Waals surface area (Å²) in [6.45, 7) is 4.26. The fraction of sp³-hybridized carbons (Fsp3) is 0.381. The molecule has 1 saturated heterocycles. The van der Waals surface area contributed by atoms with E-state index in [1.807, 2.05) is 0 Å². The van der Waals surface area contributed by atoms with Crippen molar-refractivity contribution in [2.75, 3.05) is 57.4 Å². The number of benzene rings is 1. The summed E-state index contributed by atoms with van der Waals surface area (Å²) in [6, 6.07) is 3.28. The summed E-state index contributed by atoms with van der Waals surface area (Å²) in [5, 5.41) is 0.946. The zero-order valence-corrected chi connectivity index (χ0v) is 18.5. The molecule has 1 aliphatic heterocycles. The quantitative estimate of drug-likeness (QED) is 0.589. The number of aromatic nitrogens is 2. The lowest BCUT2D eigenvalue weighted by molar-refractivity contribution is 0.0992. The van der Waals surface area contributed by atoms with E-state index in [2.05, 4.69) is 14.9 Å². The van der Waals surface area contributed by atoms with Crippen LogP contribution in [-0.2, 0) is 4.74 Å². The maximum atomic E-state index is 13.6. The average molecular weight is 447 g/mol. The number of methoxy groups -OCH3 is 2. The summed E-state index contributed by atoms with van der Waals surface area (Å²) in [4.78, 5) is 25.9. The van der Waals surface area contributed by atoms with Crippen molar-refractivity contribution in [2.24, 2.45) is 0 Å². The van der Waals surface area contributed by atoms with Gasteiger partial charge in [-0.25, -0.2) is 9.97 Å². The van der Waals surface area contributed by atoms with Crippen LogP contribution in [0.25, 0.3) is 11.1 Å². The van der Waals surface area contributed by atoms with Crippen LogP contribution >= 0.6 is 11.6 Å². The first kappa shape index (κ1) is 21.2. The molecule has 164 valence electrons. The number of ether oxygens (including phenoxy) is 3. The molecule has 1 amide bonds. The molecule has 0 radical (unpaired) electrons. The minimum Gasteiger partial charge on any atom is -0.495 e. The van der Waals surface area contributed by atoms with Gasteiger partial charge in [0.05, 0.1) is 49.1 Å². The number of hydrogen-bond donors (Lipinski definition) is 0. The number of fused-ring (bicyclic) bond motifs is 1. The third-order valence-electron chi connectivity index (χ3n) is 5.29. The van der Waals surface area contributed by atoms with Crippen LogP contribution in [0.15, 0.2) is 22.9 Å². The van der Waals surface area contributed by atoms with Gasteiger partial charge in [-0.1, -0.05) is 11.6 Å². The molecule has 0 aliphatic carbocycles. The number of anilines is 2. The lowest BCUT2D eigenvalue weighted by Crippen LogP contribution is -2.37. The molecule has 1 fully saturated rings. The Kier molecular flexibility index (Phi) is 5.88. The Hall–Kier alpha value is -3.04. The highest BCUT2D eigenvalue weighted by molar-refractivity contribution is 6.32. The molecule has 4 rings (SSSR count). The highest BCUT2D eigenvalue weighted by Gasteiger charge is 2.29. The largest absolute Gasteiger partial charge is 0.495 e.